The third-order valence-electron chi connectivity index (χ3n) is 1.08. The van der Waals surface area contributed by atoms with Crippen LogP contribution in [0.3, 0.4) is 0 Å². The second-order valence-electron chi connectivity index (χ2n) is 1.81. The molecule has 0 aliphatic heterocycles. The number of rotatable bonds is 3. The molecule has 0 rings (SSSR count). The Kier molecular flexibility index (Phi) is 4.49. The maximum atomic E-state index is 10.3. The fraction of sp³-hybridized carbons (Fsp3) is 0.500. The Bertz CT molecular complexity index is 150. The van der Waals surface area contributed by atoms with Gasteiger partial charge in [0.15, 0.2) is 0 Å². The molecule has 1 N–H and O–H groups in total. The summed E-state index contributed by atoms with van der Waals surface area (Å²) in [5, 5.41) is 8.46. The molecular weight excluding hydrogens is 175 g/mol. The van der Waals surface area contributed by atoms with Crippen LogP contribution in [0, 0.1) is 5.92 Å². The normalized spacial score (nSPS) is 12.3. The van der Waals surface area contributed by atoms with Crippen LogP contribution in [0.4, 0.5) is 0 Å². The van der Waals surface area contributed by atoms with Gasteiger partial charge in [-0.3, -0.25) is 4.79 Å². The summed E-state index contributed by atoms with van der Waals surface area (Å²) in [7, 11) is 0. The van der Waals surface area contributed by atoms with E-state index in [0.29, 0.717) is 6.42 Å². The summed E-state index contributed by atoms with van der Waals surface area (Å²) in [6.07, 6.45) is 1.81. The van der Waals surface area contributed by atoms with Crippen LogP contribution in [0.2, 0.25) is 0 Å². The molecule has 0 spiro atoms. The second-order valence-corrected chi connectivity index (χ2v) is 2.82. The van der Waals surface area contributed by atoms with Crippen LogP contribution in [0.25, 0.3) is 0 Å². The van der Waals surface area contributed by atoms with Crippen molar-refractivity contribution < 1.29 is 9.90 Å². The standard InChI is InChI=1S/C6H8Cl2O2/c1-2-4(6(9)10)3-5(7)8/h3-4H,2H2,1H3,(H,9,10). The van der Waals surface area contributed by atoms with Gasteiger partial charge in [-0.2, -0.15) is 0 Å². The molecule has 10 heavy (non-hydrogen) atoms. The highest BCUT2D eigenvalue weighted by molar-refractivity contribution is 6.55. The molecule has 0 amide bonds. The van der Waals surface area contributed by atoms with Crippen LogP contribution in [0.1, 0.15) is 13.3 Å². The van der Waals surface area contributed by atoms with Crippen molar-refractivity contribution in [3.05, 3.63) is 10.6 Å². The minimum absolute atomic E-state index is 0.00856. The van der Waals surface area contributed by atoms with E-state index in [1.54, 1.807) is 6.92 Å². The first-order valence-electron chi connectivity index (χ1n) is 2.83. The summed E-state index contributed by atoms with van der Waals surface area (Å²) in [5.41, 5.74) is 0. The number of carboxylic acids is 1. The van der Waals surface area contributed by atoms with Crippen LogP contribution in [-0.2, 0) is 4.79 Å². The van der Waals surface area contributed by atoms with Crippen LogP contribution in [-0.4, -0.2) is 11.1 Å². The highest BCUT2D eigenvalue weighted by atomic mass is 35.5. The van der Waals surface area contributed by atoms with E-state index in [-0.39, 0.29) is 4.49 Å². The average Bonchev–Trinajstić information content (AvgIpc) is 1.81. The summed E-state index contributed by atoms with van der Waals surface area (Å²) >= 11 is 10.5. The summed E-state index contributed by atoms with van der Waals surface area (Å²) in [6, 6.07) is 0. The van der Waals surface area contributed by atoms with E-state index in [2.05, 4.69) is 0 Å². The molecule has 0 aliphatic rings. The summed E-state index contributed by atoms with van der Waals surface area (Å²) in [6.45, 7) is 1.76. The number of carboxylic acid groups (broad SMARTS) is 1. The van der Waals surface area contributed by atoms with Gasteiger partial charge < -0.3 is 5.11 Å². The number of halogens is 2. The Balaban J connectivity index is 4.09. The highest BCUT2D eigenvalue weighted by Gasteiger charge is 2.11. The predicted octanol–water partition coefficient (Wildman–Crippen LogP) is 2.42. The average molecular weight is 183 g/mol. The molecule has 0 radical (unpaired) electrons. The smallest absolute Gasteiger partial charge is 0.310 e. The van der Waals surface area contributed by atoms with Gasteiger partial charge in [0.1, 0.15) is 4.49 Å². The molecule has 0 aromatic rings. The van der Waals surface area contributed by atoms with Crippen molar-refractivity contribution in [2.75, 3.05) is 0 Å². The first-order chi connectivity index (χ1) is 4.57. The highest BCUT2D eigenvalue weighted by Crippen LogP contribution is 2.13. The number of carbonyl (C=O) groups is 1. The minimum atomic E-state index is -0.902. The lowest BCUT2D eigenvalue weighted by molar-refractivity contribution is -0.140. The molecule has 0 heterocycles. The molecule has 58 valence electrons. The Hall–Kier alpha value is -0.210. The zero-order valence-electron chi connectivity index (χ0n) is 5.47. The van der Waals surface area contributed by atoms with Gasteiger partial charge in [0.25, 0.3) is 0 Å². The topological polar surface area (TPSA) is 37.3 Å². The van der Waals surface area contributed by atoms with E-state index in [9.17, 15) is 4.79 Å². The van der Waals surface area contributed by atoms with Crippen molar-refractivity contribution in [3.8, 4) is 0 Å². The lowest BCUT2D eigenvalue weighted by Gasteiger charge is -2.00. The molecule has 0 bridgehead atoms. The van der Waals surface area contributed by atoms with Crippen molar-refractivity contribution in [2.45, 2.75) is 13.3 Å². The van der Waals surface area contributed by atoms with E-state index < -0.39 is 11.9 Å². The van der Waals surface area contributed by atoms with Crippen molar-refractivity contribution >= 4 is 29.2 Å². The zero-order chi connectivity index (χ0) is 8.15. The van der Waals surface area contributed by atoms with Crippen LogP contribution in [0.15, 0.2) is 10.6 Å². The lowest BCUT2D eigenvalue weighted by Crippen LogP contribution is -2.09. The maximum absolute atomic E-state index is 10.3. The third kappa shape index (κ3) is 3.75. The number of aliphatic carboxylic acids is 1. The summed E-state index contributed by atoms with van der Waals surface area (Å²) < 4.78 is 0.00856. The van der Waals surface area contributed by atoms with Gasteiger partial charge >= 0.3 is 5.97 Å². The van der Waals surface area contributed by atoms with Gasteiger partial charge in [0.2, 0.25) is 0 Å². The quantitative estimate of drug-likeness (QED) is 0.729. The van der Waals surface area contributed by atoms with Gasteiger partial charge in [-0.1, -0.05) is 30.1 Å². The van der Waals surface area contributed by atoms with Gasteiger partial charge in [-0.25, -0.2) is 0 Å². The van der Waals surface area contributed by atoms with E-state index in [4.69, 9.17) is 28.3 Å². The first kappa shape index (κ1) is 9.79. The monoisotopic (exact) mass is 182 g/mol. The van der Waals surface area contributed by atoms with E-state index in [1.165, 1.54) is 6.08 Å². The van der Waals surface area contributed by atoms with Gasteiger partial charge in [-0.15, -0.1) is 0 Å². The predicted molar refractivity (Wildman–Crippen MR) is 41.2 cm³/mol. The van der Waals surface area contributed by atoms with Crippen molar-refractivity contribution in [3.63, 3.8) is 0 Å². The molecule has 1 unspecified atom stereocenters. The molecule has 4 heteroatoms. The van der Waals surface area contributed by atoms with Crippen molar-refractivity contribution in [1.82, 2.24) is 0 Å². The Morgan fingerprint density at radius 3 is 2.30 bits per heavy atom. The molecule has 2 nitrogen and oxygen atoms in total. The van der Waals surface area contributed by atoms with Crippen LogP contribution >= 0.6 is 23.2 Å². The molecular formula is C6H8Cl2O2. The SMILES string of the molecule is CCC(C=C(Cl)Cl)C(=O)O. The fourth-order valence-electron chi connectivity index (χ4n) is 0.516. The molecule has 1 atom stereocenters. The molecule has 0 aromatic carbocycles. The summed E-state index contributed by atoms with van der Waals surface area (Å²) in [4.78, 5) is 10.3. The Morgan fingerprint density at radius 2 is 2.20 bits per heavy atom. The van der Waals surface area contributed by atoms with Crippen molar-refractivity contribution in [1.29, 1.82) is 0 Å². The second kappa shape index (κ2) is 4.58. The molecule has 0 aliphatic carbocycles. The Morgan fingerprint density at radius 1 is 1.70 bits per heavy atom. The fourth-order valence-corrected chi connectivity index (χ4v) is 0.820. The molecule has 0 saturated heterocycles. The largest absolute Gasteiger partial charge is 0.481 e. The van der Waals surface area contributed by atoms with Gasteiger partial charge in [0, 0.05) is 0 Å². The van der Waals surface area contributed by atoms with Crippen LogP contribution in [0.5, 0.6) is 0 Å². The zero-order valence-corrected chi connectivity index (χ0v) is 6.99. The third-order valence-corrected chi connectivity index (χ3v) is 1.34. The molecule has 0 saturated carbocycles. The minimum Gasteiger partial charge on any atom is -0.481 e. The summed E-state index contributed by atoms with van der Waals surface area (Å²) in [5.74, 6) is -1.47. The number of hydrogen-bond acceptors (Lipinski definition) is 1. The van der Waals surface area contributed by atoms with E-state index in [0.717, 1.165) is 0 Å². The first-order valence-corrected chi connectivity index (χ1v) is 3.59. The Labute approximate surface area is 69.4 Å². The van der Waals surface area contributed by atoms with Crippen LogP contribution < -0.4 is 0 Å². The van der Waals surface area contributed by atoms with Gasteiger partial charge in [0.05, 0.1) is 5.92 Å². The molecule has 0 fully saturated rings. The van der Waals surface area contributed by atoms with Gasteiger partial charge in [-0.05, 0) is 12.5 Å². The van der Waals surface area contributed by atoms with E-state index in [1.807, 2.05) is 0 Å². The molecule has 0 aromatic heterocycles. The van der Waals surface area contributed by atoms with Crippen molar-refractivity contribution in [2.24, 2.45) is 5.92 Å². The van der Waals surface area contributed by atoms with E-state index >= 15 is 0 Å². The lowest BCUT2D eigenvalue weighted by atomic mass is 10.1. The number of hydrogen-bond donors (Lipinski definition) is 1. The maximum Gasteiger partial charge on any atom is 0.310 e.